The second-order valence-corrected chi connectivity index (χ2v) is 6.15. The summed E-state index contributed by atoms with van der Waals surface area (Å²) in [4.78, 5) is 22.1. The first-order valence-electron chi connectivity index (χ1n) is 8.61. The molecule has 0 amide bonds. The minimum Gasteiger partial charge on any atom is -0.384 e. The molecule has 6 heteroatoms. The molecule has 0 fully saturated rings. The molecule has 132 valence electrons. The largest absolute Gasteiger partial charge is 0.384 e. The van der Waals surface area contributed by atoms with E-state index in [0.29, 0.717) is 5.82 Å². The zero-order valence-corrected chi connectivity index (χ0v) is 14.6. The van der Waals surface area contributed by atoms with E-state index in [-0.39, 0.29) is 11.8 Å². The number of aromatic nitrogens is 5. The Kier molecular flexibility index (Phi) is 4.78. The molecule has 0 bridgehead atoms. The molecule has 0 aliphatic heterocycles. The summed E-state index contributed by atoms with van der Waals surface area (Å²) in [6, 6.07) is 13.6. The number of nitrogens with zero attached hydrogens (tertiary/aromatic N) is 5. The molecule has 2 atom stereocenters. The standard InChI is InChI=1S/C21H18N6/c22-19-7-1-6-17(27-19)20(15-4-2-8-23-12-15)21(16-5-3-9-24-13-16)18-14-25-10-11-26-18/h1-14,20-21H,(H2,22,27). The minimum absolute atomic E-state index is 0.133. The van der Waals surface area contributed by atoms with Crippen LogP contribution in [0.4, 0.5) is 5.82 Å². The van der Waals surface area contributed by atoms with Crippen molar-refractivity contribution in [1.29, 1.82) is 0 Å². The highest BCUT2D eigenvalue weighted by Gasteiger charge is 2.31. The number of pyridine rings is 3. The lowest BCUT2D eigenvalue weighted by atomic mass is 9.78. The van der Waals surface area contributed by atoms with Gasteiger partial charge in [-0.25, -0.2) is 4.98 Å². The van der Waals surface area contributed by atoms with Gasteiger partial charge in [0, 0.05) is 55.2 Å². The van der Waals surface area contributed by atoms with Gasteiger partial charge in [0.1, 0.15) is 5.82 Å². The average molecular weight is 354 g/mol. The molecule has 0 radical (unpaired) electrons. The Morgan fingerprint density at radius 1 is 0.630 bits per heavy atom. The van der Waals surface area contributed by atoms with Crippen molar-refractivity contribution in [2.24, 2.45) is 0 Å². The van der Waals surface area contributed by atoms with E-state index >= 15 is 0 Å². The fourth-order valence-electron chi connectivity index (χ4n) is 3.30. The SMILES string of the molecule is Nc1cccc(C(c2cccnc2)C(c2cccnc2)c2cnccn2)n1. The average Bonchev–Trinajstić information content (AvgIpc) is 2.74. The van der Waals surface area contributed by atoms with Crippen LogP contribution in [0.3, 0.4) is 0 Å². The van der Waals surface area contributed by atoms with E-state index in [0.717, 1.165) is 22.5 Å². The Labute approximate surface area is 157 Å². The fourth-order valence-corrected chi connectivity index (χ4v) is 3.30. The van der Waals surface area contributed by atoms with E-state index in [1.807, 2.05) is 48.8 Å². The second kappa shape index (κ2) is 7.70. The molecule has 0 aliphatic carbocycles. The molecule has 0 aliphatic rings. The second-order valence-electron chi connectivity index (χ2n) is 6.15. The summed E-state index contributed by atoms with van der Waals surface area (Å²) < 4.78 is 0. The van der Waals surface area contributed by atoms with Gasteiger partial charge in [-0.3, -0.25) is 19.9 Å². The summed E-state index contributed by atoms with van der Waals surface area (Å²) in [5.74, 6) is 0.208. The highest BCUT2D eigenvalue weighted by atomic mass is 14.9. The number of hydrogen-bond acceptors (Lipinski definition) is 6. The third-order valence-electron chi connectivity index (χ3n) is 4.43. The van der Waals surface area contributed by atoms with Gasteiger partial charge in [-0.05, 0) is 35.4 Å². The molecular weight excluding hydrogens is 336 g/mol. The third-order valence-corrected chi connectivity index (χ3v) is 4.43. The van der Waals surface area contributed by atoms with Gasteiger partial charge in [0.2, 0.25) is 0 Å². The first-order chi connectivity index (χ1) is 13.3. The van der Waals surface area contributed by atoms with Crippen LogP contribution >= 0.6 is 0 Å². The smallest absolute Gasteiger partial charge is 0.123 e. The molecule has 0 spiro atoms. The number of anilines is 1. The summed E-state index contributed by atoms with van der Waals surface area (Å²) >= 11 is 0. The molecule has 2 unspecified atom stereocenters. The normalized spacial score (nSPS) is 13.0. The Bertz CT molecular complexity index is 953. The predicted octanol–water partition coefficient (Wildman–Crippen LogP) is 3.21. The van der Waals surface area contributed by atoms with Crippen molar-refractivity contribution in [2.45, 2.75) is 11.8 Å². The van der Waals surface area contributed by atoms with Crippen LogP contribution in [0.1, 0.15) is 34.4 Å². The van der Waals surface area contributed by atoms with Gasteiger partial charge in [-0.15, -0.1) is 0 Å². The van der Waals surface area contributed by atoms with Crippen LogP contribution in [0, 0.1) is 0 Å². The zero-order chi connectivity index (χ0) is 18.5. The summed E-state index contributed by atoms with van der Waals surface area (Å²) in [5.41, 5.74) is 9.72. The van der Waals surface area contributed by atoms with Crippen LogP contribution < -0.4 is 5.73 Å². The van der Waals surface area contributed by atoms with Gasteiger partial charge in [-0.1, -0.05) is 18.2 Å². The van der Waals surface area contributed by atoms with Gasteiger partial charge in [0.15, 0.2) is 0 Å². The third kappa shape index (κ3) is 3.64. The maximum absolute atomic E-state index is 5.98. The number of nitrogen functional groups attached to an aromatic ring is 1. The van der Waals surface area contributed by atoms with Crippen molar-refractivity contribution in [3.8, 4) is 0 Å². The first kappa shape index (κ1) is 16.8. The fraction of sp³-hybridized carbons (Fsp3) is 0.0952. The van der Waals surface area contributed by atoms with Crippen molar-refractivity contribution < 1.29 is 0 Å². The van der Waals surface area contributed by atoms with Crippen molar-refractivity contribution in [3.05, 3.63) is 108 Å². The number of rotatable bonds is 5. The Morgan fingerprint density at radius 2 is 1.30 bits per heavy atom. The van der Waals surface area contributed by atoms with Crippen LogP contribution in [0.15, 0.2) is 85.8 Å². The van der Waals surface area contributed by atoms with Crippen molar-refractivity contribution in [1.82, 2.24) is 24.9 Å². The maximum Gasteiger partial charge on any atom is 0.123 e. The summed E-state index contributed by atoms with van der Waals surface area (Å²) in [5, 5.41) is 0. The van der Waals surface area contributed by atoms with E-state index < -0.39 is 0 Å². The Hall–Kier alpha value is -3.67. The molecular formula is C21H18N6. The Balaban J connectivity index is 1.94. The van der Waals surface area contributed by atoms with Crippen LogP contribution in [0.2, 0.25) is 0 Å². The van der Waals surface area contributed by atoms with Crippen molar-refractivity contribution >= 4 is 5.82 Å². The van der Waals surface area contributed by atoms with E-state index in [1.165, 1.54) is 0 Å². The quantitative estimate of drug-likeness (QED) is 0.592. The van der Waals surface area contributed by atoms with Gasteiger partial charge in [-0.2, -0.15) is 0 Å². The molecule has 2 N–H and O–H groups in total. The maximum atomic E-state index is 5.98. The van der Waals surface area contributed by atoms with Gasteiger partial charge < -0.3 is 5.73 Å². The van der Waals surface area contributed by atoms with E-state index in [1.54, 1.807) is 37.1 Å². The van der Waals surface area contributed by atoms with E-state index in [4.69, 9.17) is 5.73 Å². The van der Waals surface area contributed by atoms with Crippen LogP contribution in [0.5, 0.6) is 0 Å². The van der Waals surface area contributed by atoms with E-state index in [9.17, 15) is 0 Å². The van der Waals surface area contributed by atoms with Crippen molar-refractivity contribution in [3.63, 3.8) is 0 Å². The molecule has 4 aromatic rings. The lowest BCUT2D eigenvalue weighted by molar-refractivity contribution is 0.650. The number of nitrogens with two attached hydrogens (primary N) is 1. The highest BCUT2D eigenvalue weighted by molar-refractivity contribution is 5.41. The molecule has 0 saturated carbocycles. The zero-order valence-electron chi connectivity index (χ0n) is 14.6. The number of hydrogen-bond donors (Lipinski definition) is 1. The predicted molar refractivity (Wildman–Crippen MR) is 103 cm³/mol. The van der Waals surface area contributed by atoms with Gasteiger partial charge in [0.25, 0.3) is 0 Å². The summed E-state index contributed by atoms with van der Waals surface area (Å²) in [7, 11) is 0. The van der Waals surface area contributed by atoms with Gasteiger partial charge in [0.05, 0.1) is 11.4 Å². The minimum atomic E-state index is -0.136. The van der Waals surface area contributed by atoms with Crippen molar-refractivity contribution in [2.75, 3.05) is 5.73 Å². The molecule has 27 heavy (non-hydrogen) atoms. The van der Waals surface area contributed by atoms with Gasteiger partial charge >= 0.3 is 0 Å². The molecule has 4 heterocycles. The first-order valence-corrected chi connectivity index (χ1v) is 8.61. The van der Waals surface area contributed by atoms with Crippen LogP contribution in [-0.4, -0.2) is 24.9 Å². The molecule has 4 rings (SSSR count). The molecule has 0 saturated heterocycles. The molecule has 0 aromatic carbocycles. The van der Waals surface area contributed by atoms with Crippen LogP contribution in [-0.2, 0) is 0 Å². The topological polar surface area (TPSA) is 90.5 Å². The lowest BCUT2D eigenvalue weighted by Crippen LogP contribution is -2.18. The monoisotopic (exact) mass is 354 g/mol. The highest BCUT2D eigenvalue weighted by Crippen LogP contribution is 2.40. The van der Waals surface area contributed by atoms with E-state index in [2.05, 4.69) is 24.9 Å². The summed E-state index contributed by atoms with van der Waals surface area (Å²) in [6.07, 6.45) is 12.4. The molecule has 6 nitrogen and oxygen atoms in total. The Morgan fingerprint density at radius 3 is 1.85 bits per heavy atom. The lowest BCUT2D eigenvalue weighted by Gasteiger charge is -2.27. The molecule has 4 aromatic heterocycles. The summed E-state index contributed by atoms with van der Waals surface area (Å²) in [6.45, 7) is 0. The van der Waals surface area contributed by atoms with Crippen LogP contribution in [0.25, 0.3) is 0 Å².